The minimum atomic E-state index is -1.13. The fourth-order valence-electron chi connectivity index (χ4n) is 5.52. The van der Waals surface area contributed by atoms with E-state index in [2.05, 4.69) is 29.6 Å². The van der Waals surface area contributed by atoms with Crippen LogP contribution >= 0.6 is 0 Å². The van der Waals surface area contributed by atoms with Crippen LogP contribution in [0.15, 0.2) is 48.5 Å². The topological polar surface area (TPSA) is 116 Å². The van der Waals surface area contributed by atoms with Crippen LogP contribution in [-0.4, -0.2) is 63.9 Å². The Morgan fingerprint density at radius 2 is 1.65 bits per heavy atom. The molecule has 1 saturated carbocycles. The third kappa shape index (κ3) is 4.03. The van der Waals surface area contributed by atoms with Crippen LogP contribution in [0.3, 0.4) is 0 Å². The van der Waals surface area contributed by atoms with Crippen LogP contribution in [0, 0.1) is 0 Å². The third-order valence-electron chi connectivity index (χ3n) is 7.40. The van der Waals surface area contributed by atoms with Crippen molar-refractivity contribution in [1.82, 2.24) is 10.2 Å². The molecule has 8 nitrogen and oxygen atoms in total. The van der Waals surface area contributed by atoms with Gasteiger partial charge in [0.25, 0.3) is 0 Å². The Morgan fingerprint density at radius 1 is 1.03 bits per heavy atom. The predicted molar refractivity (Wildman–Crippen MR) is 123 cm³/mol. The number of carbonyl (C=O) groups is 3. The molecule has 0 radical (unpaired) electrons. The van der Waals surface area contributed by atoms with Crippen LogP contribution in [0.25, 0.3) is 11.1 Å². The van der Waals surface area contributed by atoms with Crippen molar-refractivity contribution in [3.63, 3.8) is 0 Å². The highest BCUT2D eigenvalue weighted by molar-refractivity contribution is 5.86. The average Bonchev–Trinajstić information content (AvgIpc) is 3.35. The number of hydrogen-bond acceptors (Lipinski definition) is 5. The van der Waals surface area contributed by atoms with Crippen molar-refractivity contribution >= 4 is 18.0 Å². The summed E-state index contributed by atoms with van der Waals surface area (Å²) < 4.78 is 5.65. The van der Waals surface area contributed by atoms with Gasteiger partial charge in [0.2, 0.25) is 5.91 Å². The molecule has 0 unspecified atom stereocenters. The summed E-state index contributed by atoms with van der Waals surface area (Å²) in [6.45, 7) is 0.181. The number of likely N-dealkylation sites (tertiary alicyclic amines) is 1. The van der Waals surface area contributed by atoms with Gasteiger partial charge in [-0.05, 0) is 41.5 Å². The van der Waals surface area contributed by atoms with E-state index in [4.69, 9.17) is 4.74 Å². The molecule has 2 aliphatic carbocycles. The van der Waals surface area contributed by atoms with Crippen LogP contribution in [0.1, 0.15) is 49.1 Å². The number of aliphatic hydroxyl groups excluding tert-OH is 1. The van der Waals surface area contributed by atoms with Crippen molar-refractivity contribution < 1.29 is 29.3 Å². The smallest absolute Gasteiger partial charge is 0.407 e. The van der Waals surface area contributed by atoms with Gasteiger partial charge in [0.15, 0.2) is 0 Å². The molecule has 1 saturated heterocycles. The first-order chi connectivity index (χ1) is 16.4. The Labute approximate surface area is 197 Å². The van der Waals surface area contributed by atoms with E-state index in [-0.39, 0.29) is 37.8 Å². The van der Waals surface area contributed by atoms with Crippen molar-refractivity contribution in [2.75, 3.05) is 13.2 Å². The van der Waals surface area contributed by atoms with Gasteiger partial charge >= 0.3 is 12.1 Å². The average molecular weight is 465 g/mol. The van der Waals surface area contributed by atoms with Crippen LogP contribution in [0.4, 0.5) is 4.79 Å². The Bertz CT molecular complexity index is 1080. The van der Waals surface area contributed by atoms with Crippen LogP contribution in [0.2, 0.25) is 0 Å². The summed E-state index contributed by atoms with van der Waals surface area (Å²) in [5.74, 6) is -1.56. The highest BCUT2D eigenvalue weighted by Gasteiger charge is 2.45. The van der Waals surface area contributed by atoms with Crippen molar-refractivity contribution in [2.45, 2.75) is 55.7 Å². The Kier molecular flexibility index (Phi) is 5.77. The number of carboxylic acid groups (broad SMARTS) is 1. The molecule has 2 atom stereocenters. The molecule has 0 bridgehead atoms. The van der Waals surface area contributed by atoms with Gasteiger partial charge in [-0.3, -0.25) is 4.79 Å². The Morgan fingerprint density at radius 3 is 2.21 bits per heavy atom. The SMILES string of the molecule is O=C(NC1(CC(=O)N2C[C@@H](O)C[C@H]2C(=O)O)CCC1)OCC1c2ccccc2-c2ccccc21. The molecule has 0 aromatic heterocycles. The minimum absolute atomic E-state index is 0.00315. The number of benzene rings is 2. The second kappa shape index (κ2) is 8.76. The Hall–Kier alpha value is -3.39. The molecular weight excluding hydrogens is 436 g/mol. The van der Waals surface area contributed by atoms with E-state index in [1.807, 2.05) is 24.3 Å². The molecule has 8 heteroatoms. The van der Waals surface area contributed by atoms with Crippen LogP contribution in [0.5, 0.6) is 0 Å². The summed E-state index contributed by atoms with van der Waals surface area (Å²) in [4.78, 5) is 38.4. The molecule has 3 N–H and O–H groups in total. The number of nitrogens with zero attached hydrogens (tertiary/aromatic N) is 1. The zero-order valence-corrected chi connectivity index (χ0v) is 18.8. The maximum Gasteiger partial charge on any atom is 0.407 e. The highest BCUT2D eigenvalue weighted by Crippen LogP contribution is 2.44. The monoisotopic (exact) mass is 464 g/mol. The molecule has 1 aliphatic heterocycles. The highest BCUT2D eigenvalue weighted by atomic mass is 16.5. The molecule has 2 aromatic carbocycles. The molecule has 0 spiro atoms. The second-order valence-corrected chi connectivity index (χ2v) is 9.55. The van der Waals surface area contributed by atoms with Gasteiger partial charge in [0.1, 0.15) is 12.6 Å². The number of fused-ring (bicyclic) bond motifs is 3. The second-order valence-electron chi connectivity index (χ2n) is 9.55. The number of rotatable bonds is 6. The molecule has 1 heterocycles. The lowest BCUT2D eigenvalue weighted by Crippen LogP contribution is -2.57. The first-order valence-electron chi connectivity index (χ1n) is 11.7. The standard InChI is InChI=1S/C26H28N2O6/c29-16-12-22(24(31)32)28(14-16)23(30)13-26(10-5-11-26)27-25(33)34-15-21-19-8-3-1-6-17(19)18-7-2-4-9-20(18)21/h1-4,6-9,16,21-22,29H,5,10-15H2,(H,27,33)(H,31,32)/t16-,22-/m0/s1. The van der Waals surface area contributed by atoms with E-state index >= 15 is 0 Å². The van der Waals surface area contributed by atoms with Gasteiger partial charge in [0.05, 0.1) is 18.1 Å². The fraction of sp³-hybridized carbons (Fsp3) is 0.423. The van der Waals surface area contributed by atoms with Crippen LogP contribution < -0.4 is 5.32 Å². The van der Waals surface area contributed by atoms with E-state index in [0.29, 0.717) is 12.8 Å². The number of β-amino-alcohol motifs (C(OH)–C–C–N with tert-alkyl or cyclic N) is 1. The minimum Gasteiger partial charge on any atom is -0.480 e. The summed E-state index contributed by atoms with van der Waals surface area (Å²) in [5.41, 5.74) is 3.80. The number of ether oxygens (including phenoxy) is 1. The van der Waals surface area contributed by atoms with Gasteiger partial charge in [-0.25, -0.2) is 9.59 Å². The lowest BCUT2D eigenvalue weighted by atomic mass is 9.74. The molecule has 5 rings (SSSR count). The van der Waals surface area contributed by atoms with Crippen molar-refractivity contribution in [3.05, 3.63) is 59.7 Å². The van der Waals surface area contributed by atoms with Crippen molar-refractivity contribution in [1.29, 1.82) is 0 Å². The number of carbonyl (C=O) groups excluding carboxylic acids is 2. The van der Waals surface area contributed by atoms with Crippen molar-refractivity contribution in [3.8, 4) is 11.1 Å². The van der Waals surface area contributed by atoms with Crippen molar-refractivity contribution in [2.24, 2.45) is 0 Å². The molecule has 2 fully saturated rings. The zero-order chi connectivity index (χ0) is 23.9. The number of hydrogen-bond donors (Lipinski definition) is 3. The number of aliphatic hydroxyl groups is 1. The van der Waals surface area contributed by atoms with Gasteiger partial charge in [-0.1, -0.05) is 48.5 Å². The molecule has 178 valence electrons. The summed E-state index contributed by atoms with van der Waals surface area (Å²) in [7, 11) is 0. The lowest BCUT2D eigenvalue weighted by molar-refractivity contribution is -0.149. The normalized spacial score (nSPS) is 22.4. The van der Waals surface area contributed by atoms with E-state index in [0.717, 1.165) is 28.7 Å². The number of aliphatic carboxylic acids is 1. The van der Waals surface area contributed by atoms with E-state index in [9.17, 15) is 24.6 Å². The maximum absolute atomic E-state index is 12.9. The first-order valence-corrected chi connectivity index (χ1v) is 11.7. The lowest BCUT2D eigenvalue weighted by Gasteiger charge is -2.42. The number of alkyl carbamates (subject to hydrolysis) is 1. The van der Waals surface area contributed by atoms with E-state index < -0.39 is 29.7 Å². The van der Waals surface area contributed by atoms with Crippen LogP contribution in [-0.2, 0) is 14.3 Å². The molecular formula is C26H28N2O6. The summed E-state index contributed by atoms with van der Waals surface area (Å²) >= 11 is 0. The van der Waals surface area contributed by atoms with E-state index in [1.54, 1.807) is 0 Å². The predicted octanol–water partition coefficient (Wildman–Crippen LogP) is 2.88. The van der Waals surface area contributed by atoms with Gasteiger partial charge in [-0.2, -0.15) is 0 Å². The number of nitrogens with one attached hydrogen (secondary N) is 1. The van der Waals surface area contributed by atoms with E-state index in [1.165, 1.54) is 4.90 Å². The molecule has 3 aliphatic rings. The van der Waals surface area contributed by atoms with Gasteiger partial charge in [-0.15, -0.1) is 0 Å². The first kappa shape index (κ1) is 22.4. The number of carboxylic acids is 1. The van der Waals surface area contributed by atoms with Gasteiger partial charge < -0.3 is 25.2 Å². The largest absolute Gasteiger partial charge is 0.480 e. The molecule has 34 heavy (non-hydrogen) atoms. The van der Waals surface area contributed by atoms with Gasteiger partial charge in [0, 0.05) is 18.9 Å². The number of amides is 2. The summed E-state index contributed by atoms with van der Waals surface area (Å²) in [6.07, 6.45) is 0.695. The molecule has 2 amide bonds. The fourth-order valence-corrected chi connectivity index (χ4v) is 5.52. The molecule has 2 aromatic rings. The zero-order valence-electron chi connectivity index (χ0n) is 18.8. The third-order valence-corrected chi connectivity index (χ3v) is 7.40. The summed E-state index contributed by atoms with van der Waals surface area (Å²) in [6, 6.07) is 15.2. The maximum atomic E-state index is 12.9. The quantitative estimate of drug-likeness (QED) is 0.605. The Balaban J connectivity index is 1.23. The summed E-state index contributed by atoms with van der Waals surface area (Å²) in [5, 5.41) is 22.1.